The Balaban J connectivity index is 2.01. The molecular formula is C15H18N2O2S. The molecule has 1 saturated carbocycles. The number of methoxy groups -OCH3 is 2. The van der Waals surface area contributed by atoms with E-state index >= 15 is 0 Å². The molecule has 4 nitrogen and oxygen atoms in total. The summed E-state index contributed by atoms with van der Waals surface area (Å²) >= 11 is 1.66. The molecule has 5 heteroatoms. The van der Waals surface area contributed by atoms with Crippen molar-refractivity contribution in [2.45, 2.75) is 24.9 Å². The number of hydrogen-bond donors (Lipinski definition) is 1. The highest BCUT2D eigenvalue weighted by atomic mass is 32.1. The number of rotatable bonds is 6. The summed E-state index contributed by atoms with van der Waals surface area (Å²) in [7, 11) is 3.34. The second kappa shape index (κ2) is 5.81. The van der Waals surface area contributed by atoms with Crippen molar-refractivity contribution in [3.8, 4) is 11.5 Å². The predicted molar refractivity (Wildman–Crippen MR) is 79.7 cm³/mol. The van der Waals surface area contributed by atoms with E-state index in [9.17, 15) is 0 Å². The molecule has 1 N–H and O–H groups in total. The van der Waals surface area contributed by atoms with Gasteiger partial charge in [-0.05, 0) is 18.9 Å². The third-order valence-electron chi connectivity index (χ3n) is 3.42. The Hall–Kier alpha value is -1.59. The van der Waals surface area contributed by atoms with E-state index in [2.05, 4.69) is 16.4 Å². The van der Waals surface area contributed by atoms with E-state index in [1.165, 1.54) is 12.8 Å². The van der Waals surface area contributed by atoms with E-state index in [1.807, 2.05) is 23.7 Å². The molecule has 3 rings (SSSR count). The van der Waals surface area contributed by atoms with Crippen LogP contribution in [0, 0.1) is 0 Å². The number of ether oxygens (including phenoxy) is 2. The largest absolute Gasteiger partial charge is 0.493 e. The van der Waals surface area contributed by atoms with Crippen molar-refractivity contribution in [3.05, 3.63) is 40.3 Å². The average Bonchev–Trinajstić information content (AvgIpc) is 3.15. The Kier molecular flexibility index (Phi) is 3.89. The molecule has 20 heavy (non-hydrogen) atoms. The maximum atomic E-state index is 5.56. The van der Waals surface area contributed by atoms with Crippen LogP contribution in [0.15, 0.2) is 29.8 Å². The van der Waals surface area contributed by atoms with E-state index < -0.39 is 0 Å². The van der Waals surface area contributed by atoms with Crippen molar-refractivity contribution in [1.82, 2.24) is 10.3 Å². The van der Waals surface area contributed by atoms with Crippen molar-refractivity contribution < 1.29 is 9.47 Å². The van der Waals surface area contributed by atoms with Gasteiger partial charge in [0, 0.05) is 23.2 Å². The van der Waals surface area contributed by atoms with Gasteiger partial charge in [-0.1, -0.05) is 12.1 Å². The minimum Gasteiger partial charge on any atom is -0.493 e. The molecule has 1 unspecified atom stereocenters. The minimum absolute atomic E-state index is 0.0625. The van der Waals surface area contributed by atoms with Crippen LogP contribution < -0.4 is 14.8 Å². The van der Waals surface area contributed by atoms with Crippen LogP contribution in [0.3, 0.4) is 0 Å². The van der Waals surface area contributed by atoms with Gasteiger partial charge in [-0.25, -0.2) is 4.98 Å². The van der Waals surface area contributed by atoms with Gasteiger partial charge in [0.25, 0.3) is 0 Å². The fraction of sp³-hybridized carbons (Fsp3) is 0.400. The molecule has 2 aromatic rings. The van der Waals surface area contributed by atoms with Gasteiger partial charge in [0.05, 0.1) is 20.3 Å². The van der Waals surface area contributed by atoms with Crippen LogP contribution in [0.25, 0.3) is 0 Å². The molecule has 1 heterocycles. The number of hydrogen-bond acceptors (Lipinski definition) is 5. The van der Waals surface area contributed by atoms with Crippen LogP contribution in [0.4, 0.5) is 0 Å². The van der Waals surface area contributed by atoms with Crippen LogP contribution in [0.2, 0.25) is 0 Å². The topological polar surface area (TPSA) is 43.4 Å². The van der Waals surface area contributed by atoms with E-state index in [0.29, 0.717) is 6.04 Å². The molecule has 0 radical (unpaired) electrons. The van der Waals surface area contributed by atoms with E-state index in [0.717, 1.165) is 22.1 Å². The van der Waals surface area contributed by atoms with Crippen molar-refractivity contribution in [1.29, 1.82) is 0 Å². The normalized spacial score (nSPS) is 15.9. The van der Waals surface area contributed by atoms with Gasteiger partial charge in [-0.2, -0.15) is 0 Å². The molecule has 0 amide bonds. The smallest absolute Gasteiger partial charge is 0.165 e. The van der Waals surface area contributed by atoms with Crippen molar-refractivity contribution >= 4 is 11.3 Å². The lowest BCUT2D eigenvalue weighted by atomic mass is 10.1. The van der Waals surface area contributed by atoms with Gasteiger partial charge in [-0.15, -0.1) is 11.3 Å². The first-order valence-corrected chi connectivity index (χ1v) is 7.57. The van der Waals surface area contributed by atoms with Crippen LogP contribution in [-0.4, -0.2) is 25.2 Å². The Labute approximate surface area is 122 Å². The number of thiazole rings is 1. The minimum atomic E-state index is 0.0625. The lowest BCUT2D eigenvalue weighted by Gasteiger charge is -2.20. The first kappa shape index (κ1) is 13.4. The van der Waals surface area contributed by atoms with E-state index in [-0.39, 0.29) is 6.04 Å². The number of nitrogens with one attached hydrogen (secondary N) is 1. The van der Waals surface area contributed by atoms with Crippen molar-refractivity contribution in [2.24, 2.45) is 0 Å². The maximum Gasteiger partial charge on any atom is 0.165 e. The van der Waals surface area contributed by atoms with Gasteiger partial charge in [-0.3, -0.25) is 0 Å². The van der Waals surface area contributed by atoms with E-state index in [4.69, 9.17) is 9.47 Å². The quantitative estimate of drug-likeness (QED) is 0.888. The van der Waals surface area contributed by atoms with Crippen LogP contribution >= 0.6 is 11.3 Å². The highest BCUT2D eigenvalue weighted by molar-refractivity contribution is 7.09. The van der Waals surface area contributed by atoms with Crippen molar-refractivity contribution in [2.75, 3.05) is 14.2 Å². The summed E-state index contributed by atoms with van der Waals surface area (Å²) < 4.78 is 11.0. The van der Waals surface area contributed by atoms with Gasteiger partial charge in [0.2, 0.25) is 0 Å². The molecule has 1 fully saturated rings. The Bertz CT molecular complexity index is 567. The number of benzene rings is 1. The van der Waals surface area contributed by atoms with Crippen LogP contribution in [0.1, 0.15) is 29.5 Å². The van der Waals surface area contributed by atoms with Gasteiger partial charge in [0.1, 0.15) is 5.01 Å². The number of para-hydroxylation sites is 1. The summed E-state index contributed by atoms with van der Waals surface area (Å²) in [5.41, 5.74) is 1.08. The third-order valence-corrected chi connectivity index (χ3v) is 4.26. The van der Waals surface area contributed by atoms with Gasteiger partial charge >= 0.3 is 0 Å². The first-order chi connectivity index (χ1) is 9.83. The second-order valence-corrected chi connectivity index (χ2v) is 5.75. The standard InChI is InChI=1S/C15H18N2O2S/c1-18-12-5-3-4-11(14(12)19-2)13(17-10-6-7-10)15-16-8-9-20-15/h3-5,8-10,13,17H,6-7H2,1-2H3. The summed E-state index contributed by atoms with van der Waals surface area (Å²) in [6.07, 6.45) is 4.30. The molecule has 106 valence electrons. The van der Waals surface area contributed by atoms with Crippen LogP contribution in [-0.2, 0) is 0 Å². The van der Waals surface area contributed by atoms with Crippen molar-refractivity contribution in [3.63, 3.8) is 0 Å². The maximum absolute atomic E-state index is 5.56. The Morgan fingerprint density at radius 3 is 2.75 bits per heavy atom. The first-order valence-electron chi connectivity index (χ1n) is 6.69. The molecule has 0 bridgehead atoms. The summed E-state index contributed by atoms with van der Waals surface area (Å²) in [5.74, 6) is 1.53. The number of aromatic nitrogens is 1. The highest BCUT2D eigenvalue weighted by Crippen LogP contribution is 2.39. The SMILES string of the molecule is COc1cccc(C(NC2CC2)c2nccs2)c1OC. The third kappa shape index (κ3) is 2.64. The molecule has 1 aromatic heterocycles. The zero-order valence-corrected chi connectivity index (χ0v) is 12.4. The van der Waals surface area contributed by atoms with Gasteiger partial charge < -0.3 is 14.8 Å². The second-order valence-electron chi connectivity index (χ2n) is 4.83. The molecule has 0 aliphatic heterocycles. The fourth-order valence-electron chi connectivity index (χ4n) is 2.30. The highest BCUT2D eigenvalue weighted by Gasteiger charge is 2.30. The van der Waals surface area contributed by atoms with E-state index in [1.54, 1.807) is 25.6 Å². The Morgan fingerprint density at radius 2 is 2.15 bits per heavy atom. The average molecular weight is 290 g/mol. The zero-order valence-electron chi connectivity index (χ0n) is 11.6. The monoisotopic (exact) mass is 290 g/mol. The molecule has 0 saturated heterocycles. The predicted octanol–water partition coefficient (Wildman–Crippen LogP) is 3.00. The molecule has 1 aliphatic rings. The van der Waals surface area contributed by atoms with Gasteiger partial charge in [0.15, 0.2) is 11.5 Å². The lowest BCUT2D eigenvalue weighted by molar-refractivity contribution is 0.348. The summed E-state index contributed by atoms with van der Waals surface area (Å²) in [4.78, 5) is 4.46. The summed E-state index contributed by atoms with van der Waals surface area (Å²) in [6, 6.07) is 6.62. The Morgan fingerprint density at radius 1 is 1.30 bits per heavy atom. The van der Waals surface area contributed by atoms with Crippen LogP contribution in [0.5, 0.6) is 11.5 Å². The lowest BCUT2D eigenvalue weighted by Crippen LogP contribution is -2.24. The molecule has 1 aliphatic carbocycles. The molecule has 0 spiro atoms. The fourth-order valence-corrected chi connectivity index (χ4v) is 3.01. The molecule has 1 aromatic carbocycles. The number of nitrogens with zero attached hydrogens (tertiary/aromatic N) is 1. The molecule has 1 atom stereocenters. The zero-order chi connectivity index (χ0) is 13.9. The summed E-state index contributed by atoms with van der Waals surface area (Å²) in [5, 5.41) is 6.71. The molecular weight excluding hydrogens is 272 g/mol. The summed E-state index contributed by atoms with van der Waals surface area (Å²) in [6.45, 7) is 0.